The highest BCUT2D eigenvalue weighted by molar-refractivity contribution is 6.30. The van der Waals surface area contributed by atoms with Gasteiger partial charge in [0.15, 0.2) is 0 Å². The van der Waals surface area contributed by atoms with Crippen LogP contribution in [-0.4, -0.2) is 10.8 Å². The minimum Gasteiger partial charge on any atom is -0.343 e. The number of benzene rings is 2. The summed E-state index contributed by atoms with van der Waals surface area (Å²) in [4.78, 5) is 22.9. The van der Waals surface area contributed by atoms with Gasteiger partial charge in [-0.25, -0.2) is 0 Å². The molecule has 0 spiro atoms. The first kappa shape index (κ1) is 17.2. The number of nitrogens with zero attached hydrogens (tertiary/aromatic N) is 1. The molecule has 0 saturated heterocycles. The van der Waals surface area contributed by atoms with Crippen molar-refractivity contribution in [1.82, 2.24) is 5.32 Å². The van der Waals surface area contributed by atoms with Gasteiger partial charge in [0.05, 0.1) is 16.0 Å². The number of nitrogens with one attached hydrogen (secondary N) is 1. The third-order valence-corrected chi connectivity index (χ3v) is 4.77. The van der Waals surface area contributed by atoms with Gasteiger partial charge >= 0.3 is 0 Å². The van der Waals surface area contributed by atoms with E-state index in [4.69, 9.17) is 11.6 Å². The summed E-state index contributed by atoms with van der Waals surface area (Å²) < 4.78 is 0. The Hall–Kier alpha value is -2.66. The van der Waals surface area contributed by atoms with E-state index in [1.165, 1.54) is 18.2 Å². The Kier molecular flexibility index (Phi) is 4.86. The lowest BCUT2D eigenvalue weighted by Gasteiger charge is -2.43. The number of carbonyl (C=O) groups excluding carboxylic acids is 1. The molecule has 6 heteroatoms. The maximum Gasteiger partial charge on any atom is 0.276 e. The summed E-state index contributed by atoms with van der Waals surface area (Å²) in [6, 6.07) is 13.8. The van der Waals surface area contributed by atoms with E-state index >= 15 is 0 Å². The second kappa shape index (κ2) is 7.07. The summed E-state index contributed by atoms with van der Waals surface area (Å²) in [6.07, 6.45) is 5.58. The van der Waals surface area contributed by atoms with Gasteiger partial charge in [-0.05, 0) is 49.1 Å². The monoisotopic (exact) mass is 356 g/mol. The predicted octanol–water partition coefficient (Wildman–Crippen LogP) is 4.46. The summed E-state index contributed by atoms with van der Waals surface area (Å²) in [5.41, 5.74) is 1.02. The van der Waals surface area contributed by atoms with Crippen LogP contribution >= 0.6 is 11.6 Å². The average molecular weight is 357 g/mol. The SMILES string of the molecule is O=C(/C=C/c1ccccc1[N+](=O)[O-])NC1(c2ccc(Cl)cc2)CCC1. The molecular formula is C19H17ClN2O3. The maximum absolute atomic E-state index is 12.4. The van der Waals surface area contributed by atoms with Crippen LogP contribution in [0.5, 0.6) is 0 Å². The van der Waals surface area contributed by atoms with E-state index in [-0.39, 0.29) is 17.1 Å². The number of hydrogen-bond acceptors (Lipinski definition) is 3. The van der Waals surface area contributed by atoms with Crippen molar-refractivity contribution < 1.29 is 9.72 Å². The molecule has 0 aromatic heterocycles. The van der Waals surface area contributed by atoms with Crippen LogP contribution in [0, 0.1) is 10.1 Å². The molecule has 0 radical (unpaired) electrons. The van der Waals surface area contributed by atoms with Gasteiger partial charge in [0.2, 0.25) is 5.91 Å². The molecule has 1 aliphatic carbocycles. The number of rotatable bonds is 5. The highest BCUT2D eigenvalue weighted by atomic mass is 35.5. The number of halogens is 1. The fourth-order valence-corrected chi connectivity index (χ4v) is 3.15. The van der Waals surface area contributed by atoms with Gasteiger partial charge in [0.25, 0.3) is 5.69 Å². The molecule has 1 aliphatic rings. The van der Waals surface area contributed by atoms with Crippen LogP contribution in [0.25, 0.3) is 6.08 Å². The topological polar surface area (TPSA) is 72.2 Å². The number of nitro benzene ring substituents is 1. The highest BCUT2D eigenvalue weighted by Gasteiger charge is 2.39. The van der Waals surface area contributed by atoms with Crippen LogP contribution in [0.1, 0.15) is 30.4 Å². The molecular weight excluding hydrogens is 340 g/mol. The van der Waals surface area contributed by atoms with Crippen molar-refractivity contribution in [3.05, 3.63) is 80.9 Å². The van der Waals surface area contributed by atoms with Crippen LogP contribution in [-0.2, 0) is 10.3 Å². The van der Waals surface area contributed by atoms with Crippen LogP contribution in [0.3, 0.4) is 0 Å². The summed E-state index contributed by atoms with van der Waals surface area (Å²) >= 11 is 5.93. The fourth-order valence-electron chi connectivity index (χ4n) is 3.02. The molecule has 2 aromatic rings. The van der Waals surface area contributed by atoms with Crippen molar-refractivity contribution in [2.24, 2.45) is 0 Å². The van der Waals surface area contributed by atoms with Crippen molar-refractivity contribution >= 4 is 29.3 Å². The smallest absolute Gasteiger partial charge is 0.276 e. The lowest BCUT2D eigenvalue weighted by molar-refractivity contribution is -0.385. The number of para-hydroxylation sites is 1. The van der Waals surface area contributed by atoms with Gasteiger partial charge in [0, 0.05) is 17.2 Å². The van der Waals surface area contributed by atoms with E-state index in [2.05, 4.69) is 5.32 Å². The average Bonchev–Trinajstić information content (AvgIpc) is 2.57. The molecule has 0 aliphatic heterocycles. The molecule has 1 amide bonds. The summed E-state index contributed by atoms with van der Waals surface area (Å²) in [5.74, 6) is -0.271. The van der Waals surface area contributed by atoms with Gasteiger partial charge in [-0.1, -0.05) is 35.9 Å². The van der Waals surface area contributed by atoms with E-state index < -0.39 is 4.92 Å². The summed E-state index contributed by atoms with van der Waals surface area (Å²) in [7, 11) is 0. The van der Waals surface area contributed by atoms with Crippen molar-refractivity contribution in [3.63, 3.8) is 0 Å². The molecule has 2 aromatic carbocycles. The molecule has 0 bridgehead atoms. The van der Waals surface area contributed by atoms with Crippen molar-refractivity contribution in [3.8, 4) is 0 Å². The maximum atomic E-state index is 12.4. The molecule has 0 unspecified atom stereocenters. The lowest BCUT2D eigenvalue weighted by Crippen LogP contribution is -2.50. The Morgan fingerprint density at radius 2 is 1.84 bits per heavy atom. The van der Waals surface area contributed by atoms with Crippen molar-refractivity contribution in [1.29, 1.82) is 0 Å². The molecule has 1 saturated carbocycles. The van der Waals surface area contributed by atoms with Crippen LogP contribution in [0.15, 0.2) is 54.6 Å². The van der Waals surface area contributed by atoms with Crippen molar-refractivity contribution in [2.75, 3.05) is 0 Å². The van der Waals surface area contributed by atoms with Crippen LogP contribution in [0.4, 0.5) is 5.69 Å². The van der Waals surface area contributed by atoms with Crippen LogP contribution in [0.2, 0.25) is 5.02 Å². The Morgan fingerprint density at radius 3 is 2.44 bits per heavy atom. The Morgan fingerprint density at radius 1 is 1.16 bits per heavy atom. The highest BCUT2D eigenvalue weighted by Crippen LogP contribution is 2.41. The second-order valence-corrected chi connectivity index (χ2v) is 6.52. The molecule has 0 atom stereocenters. The lowest BCUT2D eigenvalue weighted by atomic mass is 9.72. The summed E-state index contributed by atoms with van der Waals surface area (Å²) in [6.45, 7) is 0. The molecule has 1 N–H and O–H groups in total. The zero-order chi connectivity index (χ0) is 17.9. The van der Waals surface area contributed by atoms with Gasteiger partial charge < -0.3 is 5.32 Å². The quantitative estimate of drug-likeness (QED) is 0.488. The summed E-state index contributed by atoms with van der Waals surface area (Å²) in [5, 5.41) is 14.7. The van der Waals surface area contributed by atoms with E-state index in [1.807, 2.05) is 24.3 Å². The zero-order valence-corrected chi connectivity index (χ0v) is 14.2. The standard InChI is InChI=1S/C19H17ClN2O3/c20-16-9-7-15(8-10-16)19(12-3-13-19)21-18(23)11-6-14-4-1-2-5-17(14)22(24)25/h1-2,4-11H,3,12-13H2,(H,21,23)/b11-6+. The minimum atomic E-state index is -0.460. The van der Waals surface area contributed by atoms with Gasteiger partial charge in [-0.15, -0.1) is 0 Å². The molecule has 1 fully saturated rings. The van der Waals surface area contributed by atoms with E-state index in [9.17, 15) is 14.9 Å². The second-order valence-electron chi connectivity index (χ2n) is 6.08. The number of amides is 1. The van der Waals surface area contributed by atoms with E-state index in [0.29, 0.717) is 10.6 Å². The first-order valence-electron chi connectivity index (χ1n) is 8.00. The Labute approximate surface area is 150 Å². The molecule has 0 heterocycles. The zero-order valence-electron chi connectivity index (χ0n) is 13.4. The van der Waals surface area contributed by atoms with E-state index in [1.54, 1.807) is 18.2 Å². The normalized spacial score (nSPS) is 15.6. The van der Waals surface area contributed by atoms with E-state index in [0.717, 1.165) is 24.8 Å². The fraction of sp³-hybridized carbons (Fsp3) is 0.211. The first-order valence-corrected chi connectivity index (χ1v) is 8.38. The number of nitro groups is 1. The van der Waals surface area contributed by atoms with Gasteiger partial charge in [-0.2, -0.15) is 0 Å². The minimum absolute atomic E-state index is 0.0254. The largest absolute Gasteiger partial charge is 0.343 e. The number of hydrogen-bond donors (Lipinski definition) is 1. The van der Waals surface area contributed by atoms with Crippen LogP contribution < -0.4 is 5.32 Å². The molecule has 5 nitrogen and oxygen atoms in total. The third kappa shape index (κ3) is 3.72. The Bertz CT molecular complexity index is 827. The molecule has 25 heavy (non-hydrogen) atoms. The molecule has 3 rings (SSSR count). The Balaban J connectivity index is 1.76. The van der Waals surface area contributed by atoms with Gasteiger partial charge in [0.1, 0.15) is 0 Å². The predicted molar refractivity (Wildman–Crippen MR) is 97.3 cm³/mol. The number of carbonyl (C=O) groups is 1. The first-order chi connectivity index (χ1) is 12.0. The third-order valence-electron chi connectivity index (χ3n) is 4.51. The van der Waals surface area contributed by atoms with Crippen molar-refractivity contribution in [2.45, 2.75) is 24.8 Å². The van der Waals surface area contributed by atoms with Gasteiger partial charge in [-0.3, -0.25) is 14.9 Å². The molecule has 128 valence electrons.